The molecular formula is C22H21N3O5S. The Labute approximate surface area is 180 Å². The highest BCUT2D eigenvalue weighted by Gasteiger charge is 2.28. The second-order valence-electron chi connectivity index (χ2n) is 7.01. The van der Waals surface area contributed by atoms with E-state index in [9.17, 15) is 13.2 Å². The minimum absolute atomic E-state index is 0.0180. The molecular weight excluding hydrogens is 418 g/mol. The molecule has 1 saturated carbocycles. The topological polar surface area (TPSA) is 107 Å². The second-order valence-corrected chi connectivity index (χ2v) is 8.73. The van der Waals surface area contributed by atoms with E-state index in [2.05, 4.69) is 15.0 Å². The zero-order valence-electron chi connectivity index (χ0n) is 16.7. The van der Waals surface area contributed by atoms with Gasteiger partial charge in [0, 0.05) is 17.8 Å². The summed E-state index contributed by atoms with van der Waals surface area (Å²) in [6.45, 7) is 0. The molecule has 3 aromatic rings. The van der Waals surface area contributed by atoms with Crippen molar-refractivity contribution in [3.05, 3.63) is 72.4 Å². The predicted molar refractivity (Wildman–Crippen MR) is 115 cm³/mol. The summed E-state index contributed by atoms with van der Waals surface area (Å²) >= 11 is 0. The van der Waals surface area contributed by atoms with Gasteiger partial charge in [0.15, 0.2) is 0 Å². The Bertz CT molecular complexity index is 1190. The molecule has 0 unspecified atom stereocenters. The summed E-state index contributed by atoms with van der Waals surface area (Å²) in [5.41, 5.74) is 0.561. The van der Waals surface area contributed by atoms with Crippen LogP contribution >= 0.6 is 0 Å². The first-order valence-electron chi connectivity index (χ1n) is 9.65. The number of methoxy groups -OCH3 is 1. The fraction of sp³-hybridized carbons (Fsp3) is 0.182. The maximum absolute atomic E-state index is 12.8. The Balaban J connectivity index is 1.52. The number of carbonyl (C=O) groups is 1. The van der Waals surface area contributed by atoms with Crippen molar-refractivity contribution in [3.8, 4) is 17.4 Å². The molecule has 2 aromatic carbocycles. The quantitative estimate of drug-likeness (QED) is 0.556. The van der Waals surface area contributed by atoms with Crippen molar-refractivity contribution in [1.82, 2.24) is 9.71 Å². The van der Waals surface area contributed by atoms with E-state index in [1.54, 1.807) is 55.8 Å². The lowest BCUT2D eigenvalue weighted by molar-refractivity contribution is 0.102. The number of carbonyl (C=O) groups excluding carboxylic acids is 1. The summed E-state index contributed by atoms with van der Waals surface area (Å²) in [6.07, 6.45) is 3.21. The summed E-state index contributed by atoms with van der Waals surface area (Å²) in [4.78, 5) is 17.0. The molecule has 0 saturated heterocycles. The zero-order valence-corrected chi connectivity index (χ0v) is 17.6. The van der Waals surface area contributed by atoms with Crippen molar-refractivity contribution < 1.29 is 22.7 Å². The highest BCUT2D eigenvalue weighted by atomic mass is 32.2. The SMILES string of the molecule is COc1ccc(Oc2ncccc2NC(=O)c2cccc(S(=O)(=O)NC3CC3)c2)cc1. The molecule has 31 heavy (non-hydrogen) atoms. The largest absolute Gasteiger partial charge is 0.497 e. The summed E-state index contributed by atoms with van der Waals surface area (Å²) in [5, 5.41) is 2.74. The lowest BCUT2D eigenvalue weighted by Crippen LogP contribution is -2.26. The first-order valence-corrected chi connectivity index (χ1v) is 11.1. The van der Waals surface area contributed by atoms with E-state index in [1.807, 2.05) is 0 Å². The summed E-state index contributed by atoms with van der Waals surface area (Å²) in [5.74, 6) is 0.943. The molecule has 0 bridgehead atoms. The molecule has 1 aromatic heterocycles. The molecule has 0 spiro atoms. The van der Waals surface area contributed by atoms with Crippen molar-refractivity contribution in [1.29, 1.82) is 0 Å². The van der Waals surface area contributed by atoms with Gasteiger partial charge < -0.3 is 14.8 Å². The van der Waals surface area contributed by atoms with Crippen LogP contribution in [0.15, 0.2) is 71.8 Å². The second kappa shape index (κ2) is 8.75. The molecule has 1 aliphatic rings. The molecule has 2 N–H and O–H groups in total. The van der Waals surface area contributed by atoms with Crippen LogP contribution in [0.2, 0.25) is 0 Å². The van der Waals surface area contributed by atoms with Gasteiger partial charge in [0.2, 0.25) is 15.9 Å². The lowest BCUT2D eigenvalue weighted by Gasteiger charge is -2.12. The summed E-state index contributed by atoms with van der Waals surface area (Å²) in [6, 6.07) is 16.1. The highest BCUT2D eigenvalue weighted by Crippen LogP contribution is 2.29. The van der Waals surface area contributed by atoms with Crippen LogP contribution in [-0.4, -0.2) is 32.5 Å². The highest BCUT2D eigenvalue weighted by molar-refractivity contribution is 7.89. The summed E-state index contributed by atoms with van der Waals surface area (Å²) < 4.78 is 38.4. The number of rotatable bonds is 8. The fourth-order valence-electron chi connectivity index (χ4n) is 2.81. The zero-order chi connectivity index (χ0) is 21.8. The maximum Gasteiger partial charge on any atom is 0.255 e. The number of ether oxygens (including phenoxy) is 2. The van der Waals surface area contributed by atoms with Gasteiger partial charge in [0.25, 0.3) is 5.91 Å². The van der Waals surface area contributed by atoms with Gasteiger partial charge in [-0.15, -0.1) is 0 Å². The molecule has 160 valence electrons. The van der Waals surface area contributed by atoms with E-state index in [0.29, 0.717) is 17.2 Å². The van der Waals surface area contributed by atoms with Crippen LogP contribution in [0, 0.1) is 0 Å². The number of amides is 1. The summed E-state index contributed by atoms with van der Waals surface area (Å²) in [7, 11) is -2.08. The number of nitrogens with zero attached hydrogens (tertiary/aromatic N) is 1. The number of hydrogen-bond acceptors (Lipinski definition) is 6. The van der Waals surface area contributed by atoms with Crippen molar-refractivity contribution in [2.24, 2.45) is 0 Å². The fourth-order valence-corrected chi connectivity index (χ4v) is 4.16. The molecule has 0 atom stereocenters. The van der Waals surface area contributed by atoms with Crippen LogP contribution in [0.3, 0.4) is 0 Å². The van der Waals surface area contributed by atoms with Gasteiger partial charge in [-0.05, 0) is 67.4 Å². The first kappa shape index (κ1) is 20.8. The molecule has 1 amide bonds. The number of anilines is 1. The third-order valence-electron chi connectivity index (χ3n) is 4.60. The van der Waals surface area contributed by atoms with Gasteiger partial charge in [0.05, 0.1) is 12.0 Å². The molecule has 0 aliphatic heterocycles. The average molecular weight is 439 g/mol. The Morgan fingerprint density at radius 1 is 1.03 bits per heavy atom. The monoisotopic (exact) mass is 439 g/mol. The molecule has 1 fully saturated rings. The third kappa shape index (κ3) is 5.19. The van der Waals surface area contributed by atoms with Gasteiger partial charge in [-0.3, -0.25) is 4.79 Å². The van der Waals surface area contributed by atoms with E-state index in [4.69, 9.17) is 9.47 Å². The normalized spacial score (nSPS) is 13.5. The number of aromatic nitrogens is 1. The molecule has 1 heterocycles. The van der Waals surface area contributed by atoms with Gasteiger partial charge in [0.1, 0.15) is 17.2 Å². The number of nitrogens with one attached hydrogen (secondary N) is 2. The van der Waals surface area contributed by atoms with Gasteiger partial charge in [-0.2, -0.15) is 0 Å². The molecule has 8 nitrogen and oxygen atoms in total. The Hall–Kier alpha value is -3.43. The van der Waals surface area contributed by atoms with Gasteiger partial charge in [-0.25, -0.2) is 18.1 Å². The van der Waals surface area contributed by atoms with Crippen molar-refractivity contribution in [2.75, 3.05) is 12.4 Å². The molecule has 4 rings (SSSR count). The van der Waals surface area contributed by atoms with Crippen LogP contribution < -0.4 is 19.5 Å². The smallest absolute Gasteiger partial charge is 0.255 e. The number of pyridine rings is 1. The lowest BCUT2D eigenvalue weighted by atomic mass is 10.2. The van der Waals surface area contributed by atoms with E-state index in [-0.39, 0.29) is 22.4 Å². The van der Waals surface area contributed by atoms with E-state index in [1.165, 1.54) is 18.2 Å². The van der Waals surface area contributed by atoms with Crippen LogP contribution in [0.4, 0.5) is 5.69 Å². The van der Waals surface area contributed by atoms with Crippen molar-refractivity contribution >= 4 is 21.6 Å². The van der Waals surface area contributed by atoms with E-state index >= 15 is 0 Å². The first-order chi connectivity index (χ1) is 14.9. The van der Waals surface area contributed by atoms with Gasteiger partial charge in [-0.1, -0.05) is 6.07 Å². The third-order valence-corrected chi connectivity index (χ3v) is 6.12. The van der Waals surface area contributed by atoms with Crippen LogP contribution in [0.25, 0.3) is 0 Å². The van der Waals surface area contributed by atoms with Gasteiger partial charge >= 0.3 is 0 Å². The van der Waals surface area contributed by atoms with Crippen molar-refractivity contribution in [3.63, 3.8) is 0 Å². The van der Waals surface area contributed by atoms with Crippen LogP contribution in [-0.2, 0) is 10.0 Å². The standard InChI is InChI=1S/C22H21N3O5S/c1-29-17-9-11-18(12-10-17)30-22-20(6-3-13-23-22)24-21(26)15-4-2-5-19(14-15)31(27,28)25-16-7-8-16/h2-6,9-14,16,25H,7-8H2,1H3,(H,24,26). The minimum Gasteiger partial charge on any atom is -0.497 e. The Morgan fingerprint density at radius 2 is 1.77 bits per heavy atom. The number of hydrogen-bond donors (Lipinski definition) is 2. The van der Waals surface area contributed by atoms with E-state index in [0.717, 1.165) is 12.8 Å². The Kier molecular flexibility index (Phi) is 5.88. The number of sulfonamides is 1. The van der Waals surface area contributed by atoms with Crippen LogP contribution in [0.5, 0.6) is 17.4 Å². The van der Waals surface area contributed by atoms with E-state index < -0.39 is 15.9 Å². The van der Waals surface area contributed by atoms with Crippen LogP contribution in [0.1, 0.15) is 23.2 Å². The van der Waals surface area contributed by atoms with Crippen molar-refractivity contribution in [2.45, 2.75) is 23.8 Å². The minimum atomic E-state index is -3.66. The molecule has 0 radical (unpaired) electrons. The predicted octanol–water partition coefficient (Wildman–Crippen LogP) is 3.58. The average Bonchev–Trinajstić information content (AvgIpc) is 3.59. The maximum atomic E-state index is 12.8. The molecule has 1 aliphatic carbocycles. The molecule has 9 heteroatoms. The Morgan fingerprint density at radius 3 is 2.48 bits per heavy atom. The number of benzene rings is 2.